The van der Waals surface area contributed by atoms with Crippen LogP contribution >= 0.6 is 0 Å². The predicted molar refractivity (Wildman–Crippen MR) is 110 cm³/mol. The van der Waals surface area contributed by atoms with Gasteiger partial charge in [0, 0.05) is 40.6 Å². The number of anilines is 2. The van der Waals surface area contributed by atoms with Crippen LogP contribution in [0.4, 0.5) is 11.4 Å². The van der Waals surface area contributed by atoms with E-state index in [1.54, 1.807) is 24.3 Å². The highest BCUT2D eigenvalue weighted by molar-refractivity contribution is 6.06. The number of carbonyl (C=O) groups excluding carboxylic acids is 2. The van der Waals surface area contributed by atoms with E-state index in [0.717, 1.165) is 23.7 Å². The van der Waals surface area contributed by atoms with Crippen LogP contribution < -0.4 is 10.6 Å². The van der Waals surface area contributed by atoms with Crippen LogP contribution in [0, 0.1) is 0 Å². The van der Waals surface area contributed by atoms with E-state index >= 15 is 0 Å². The van der Waals surface area contributed by atoms with Crippen molar-refractivity contribution in [2.75, 3.05) is 24.4 Å². The smallest absolute Gasteiger partial charge is 0.255 e. The molecule has 2 amide bonds. The standard InChI is InChI=1S/C22H23N3O3/c1-28-13-21(26)23-15-7-9-16(10-8-15)24-22(27)14-6-11-20-18(12-14)17-4-2-3-5-19(17)25-20/h6-12,25H,2-5,13H2,1H3,(H,23,26)(H,24,27). The molecule has 1 aliphatic rings. The highest BCUT2D eigenvalue weighted by atomic mass is 16.5. The van der Waals surface area contributed by atoms with Crippen LogP contribution in [0.25, 0.3) is 10.9 Å². The largest absolute Gasteiger partial charge is 0.375 e. The summed E-state index contributed by atoms with van der Waals surface area (Å²) in [6.07, 6.45) is 4.56. The maximum Gasteiger partial charge on any atom is 0.255 e. The normalized spacial score (nSPS) is 13.2. The minimum absolute atomic E-state index is 0.00379. The summed E-state index contributed by atoms with van der Waals surface area (Å²) in [6, 6.07) is 12.8. The van der Waals surface area contributed by atoms with E-state index in [-0.39, 0.29) is 18.4 Å². The molecule has 0 saturated carbocycles. The zero-order valence-electron chi connectivity index (χ0n) is 15.8. The van der Waals surface area contributed by atoms with Crippen molar-refractivity contribution in [1.29, 1.82) is 0 Å². The van der Waals surface area contributed by atoms with Crippen molar-refractivity contribution in [3.05, 3.63) is 59.3 Å². The summed E-state index contributed by atoms with van der Waals surface area (Å²) < 4.78 is 4.79. The quantitative estimate of drug-likeness (QED) is 0.631. The first-order chi connectivity index (χ1) is 13.6. The molecule has 1 aliphatic carbocycles. The van der Waals surface area contributed by atoms with Crippen LogP contribution in [0.3, 0.4) is 0 Å². The molecule has 2 aromatic carbocycles. The van der Waals surface area contributed by atoms with E-state index in [1.165, 1.54) is 31.2 Å². The number of carbonyl (C=O) groups is 2. The Morgan fingerprint density at radius 3 is 2.46 bits per heavy atom. The molecule has 4 rings (SSSR count). The molecule has 0 unspecified atom stereocenters. The van der Waals surface area contributed by atoms with Crippen molar-refractivity contribution in [3.8, 4) is 0 Å². The second-order valence-electron chi connectivity index (χ2n) is 7.06. The lowest BCUT2D eigenvalue weighted by atomic mass is 9.95. The summed E-state index contributed by atoms with van der Waals surface area (Å²) in [6.45, 7) is 0.00379. The van der Waals surface area contributed by atoms with E-state index in [2.05, 4.69) is 15.6 Å². The summed E-state index contributed by atoms with van der Waals surface area (Å²) in [7, 11) is 1.47. The molecule has 1 aromatic heterocycles. The molecular weight excluding hydrogens is 354 g/mol. The number of aryl methyl sites for hydroxylation is 2. The molecule has 0 radical (unpaired) electrons. The Labute approximate surface area is 163 Å². The van der Waals surface area contributed by atoms with Gasteiger partial charge in [0.25, 0.3) is 5.91 Å². The van der Waals surface area contributed by atoms with Crippen molar-refractivity contribution in [2.45, 2.75) is 25.7 Å². The fourth-order valence-corrected chi connectivity index (χ4v) is 3.72. The van der Waals surface area contributed by atoms with Crippen molar-refractivity contribution in [2.24, 2.45) is 0 Å². The first-order valence-corrected chi connectivity index (χ1v) is 9.48. The molecule has 28 heavy (non-hydrogen) atoms. The highest BCUT2D eigenvalue weighted by Crippen LogP contribution is 2.30. The van der Waals surface area contributed by atoms with Crippen LogP contribution in [0.15, 0.2) is 42.5 Å². The number of aromatic nitrogens is 1. The van der Waals surface area contributed by atoms with Gasteiger partial charge in [-0.3, -0.25) is 9.59 Å². The average Bonchev–Trinajstić information content (AvgIpc) is 3.07. The molecule has 1 heterocycles. The van der Waals surface area contributed by atoms with Crippen molar-refractivity contribution in [1.82, 2.24) is 4.98 Å². The maximum atomic E-state index is 12.7. The topological polar surface area (TPSA) is 83.2 Å². The first kappa shape index (κ1) is 18.3. The summed E-state index contributed by atoms with van der Waals surface area (Å²) in [4.78, 5) is 27.7. The number of rotatable bonds is 5. The minimum Gasteiger partial charge on any atom is -0.375 e. The fourth-order valence-electron chi connectivity index (χ4n) is 3.72. The lowest BCUT2D eigenvalue weighted by Crippen LogP contribution is -2.17. The fraction of sp³-hybridized carbons (Fsp3) is 0.273. The van der Waals surface area contributed by atoms with Crippen LogP contribution in [0.1, 0.15) is 34.5 Å². The Morgan fingerprint density at radius 1 is 1.00 bits per heavy atom. The Bertz CT molecular complexity index is 1020. The van der Waals surface area contributed by atoms with Crippen LogP contribution in [-0.2, 0) is 22.4 Å². The van der Waals surface area contributed by atoms with Gasteiger partial charge in [-0.25, -0.2) is 0 Å². The van der Waals surface area contributed by atoms with Gasteiger partial charge in [0.1, 0.15) is 6.61 Å². The van der Waals surface area contributed by atoms with Crippen LogP contribution in [-0.4, -0.2) is 30.5 Å². The third kappa shape index (κ3) is 3.77. The highest BCUT2D eigenvalue weighted by Gasteiger charge is 2.17. The molecule has 6 heteroatoms. The van der Waals surface area contributed by atoms with Gasteiger partial charge in [0.05, 0.1) is 0 Å². The number of ether oxygens (including phenoxy) is 1. The molecule has 0 saturated heterocycles. The number of hydrogen-bond acceptors (Lipinski definition) is 3. The minimum atomic E-state index is -0.220. The number of hydrogen-bond donors (Lipinski definition) is 3. The van der Waals surface area contributed by atoms with E-state index in [1.807, 2.05) is 18.2 Å². The number of H-pyrrole nitrogens is 1. The molecule has 3 aromatic rings. The molecular formula is C22H23N3O3. The maximum absolute atomic E-state index is 12.7. The average molecular weight is 377 g/mol. The van der Waals surface area contributed by atoms with E-state index in [9.17, 15) is 9.59 Å². The van der Waals surface area contributed by atoms with Gasteiger partial charge in [0.2, 0.25) is 5.91 Å². The Hall–Kier alpha value is -3.12. The second-order valence-corrected chi connectivity index (χ2v) is 7.06. The molecule has 0 spiro atoms. The monoisotopic (exact) mass is 377 g/mol. The SMILES string of the molecule is COCC(=O)Nc1ccc(NC(=O)c2ccc3[nH]c4c(c3c2)CCCC4)cc1. The van der Waals surface area contributed by atoms with Gasteiger partial charge in [-0.1, -0.05) is 0 Å². The van der Waals surface area contributed by atoms with Crippen molar-refractivity contribution in [3.63, 3.8) is 0 Å². The van der Waals surface area contributed by atoms with Gasteiger partial charge < -0.3 is 20.4 Å². The van der Waals surface area contributed by atoms with Gasteiger partial charge in [-0.05, 0) is 73.7 Å². The molecule has 6 nitrogen and oxygen atoms in total. The summed E-state index contributed by atoms with van der Waals surface area (Å²) >= 11 is 0. The summed E-state index contributed by atoms with van der Waals surface area (Å²) in [5, 5.41) is 6.79. The number of methoxy groups -OCH3 is 1. The number of aromatic amines is 1. The molecule has 0 atom stereocenters. The van der Waals surface area contributed by atoms with Gasteiger partial charge in [0.15, 0.2) is 0 Å². The van der Waals surface area contributed by atoms with E-state index < -0.39 is 0 Å². The van der Waals surface area contributed by atoms with Crippen molar-refractivity contribution < 1.29 is 14.3 Å². The molecule has 0 aliphatic heterocycles. The lowest BCUT2D eigenvalue weighted by molar-refractivity contribution is -0.119. The molecule has 0 bridgehead atoms. The van der Waals surface area contributed by atoms with E-state index in [4.69, 9.17) is 4.74 Å². The van der Waals surface area contributed by atoms with E-state index in [0.29, 0.717) is 16.9 Å². The molecule has 144 valence electrons. The van der Waals surface area contributed by atoms with Crippen molar-refractivity contribution >= 4 is 34.1 Å². The second kappa shape index (κ2) is 7.86. The lowest BCUT2D eigenvalue weighted by Gasteiger charge is -2.11. The Morgan fingerprint density at radius 2 is 1.71 bits per heavy atom. The molecule has 0 fully saturated rings. The zero-order valence-corrected chi connectivity index (χ0v) is 15.8. The van der Waals surface area contributed by atoms with Gasteiger partial charge in [-0.15, -0.1) is 0 Å². The first-order valence-electron chi connectivity index (χ1n) is 9.48. The van der Waals surface area contributed by atoms with Crippen LogP contribution in [0.2, 0.25) is 0 Å². The summed E-state index contributed by atoms with van der Waals surface area (Å²) in [5.74, 6) is -0.369. The third-order valence-electron chi connectivity index (χ3n) is 5.06. The Balaban J connectivity index is 1.48. The van der Waals surface area contributed by atoms with Gasteiger partial charge >= 0.3 is 0 Å². The summed E-state index contributed by atoms with van der Waals surface area (Å²) in [5.41, 5.74) is 5.72. The predicted octanol–water partition coefficient (Wildman–Crippen LogP) is 3.88. The third-order valence-corrected chi connectivity index (χ3v) is 5.06. The number of benzene rings is 2. The number of nitrogens with one attached hydrogen (secondary N) is 3. The van der Waals surface area contributed by atoms with Gasteiger partial charge in [-0.2, -0.15) is 0 Å². The number of fused-ring (bicyclic) bond motifs is 3. The Kier molecular flexibility index (Phi) is 5.12. The number of amides is 2. The zero-order chi connectivity index (χ0) is 19.5. The van der Waals surface area contributed by atoms with Crippen LogP contribution in [0.5, 0.6) is 0 Å². The molecule has 3 N–H and O–H groups in total.